The molecule has 17 heavy (non-hydrogen) atoms. The van der Waals surface area contributed by atoms with Crippen LogP contribution >= 0.6 is 0 Å². The molecule has 0 heterocycles. The van der Waals surface area contributed by atoms with Crippen LogP contribution in [0.4, 0.5) is 8.78 Å². The molecule has 1 aliphatic rings. The molecular formula is C14H16F2O. The van der Waals surface area contributed by atoms with Crippen molar-refractivity contribution in [2.75, 3.05) is 0 Å². The van der Waals surface area contributed by atoms with E-state index in [1.54, 1.807) is 0 Å². The first-order chi connectivity index (χ1) is 8.08. The van der Waals surface area contributed by atoms with Crippen LogP contribution in [0.1, 0.15) is 31.7 Å². The van der Waals surface area contributed by atoms with Gasteiger partial charge in [-0.25, -0.2) is 8.78 Å². The van der Waals surface area contributed by atoms with Gasteiger partial charge in [0.15, 0.2) is 11.6 Å². The molecule has 1 aromatic carbocycles. The van der Waals surface area contributed by atoms with Gasteiger partial charge in [0.1, 0.15) is 5.78 Å². The molecule has 0 aliphatic heterocycles. The van der Waals surface area contributed by atoms with Crippen LogP contribution < -0.4 is 0 Å². The molecule has 1 aliphatic carbocycles. The number of Topliss-reactive ketones (excluding diaryl/α,β-unsaturated/α-hetero) is 1. The monoisotopic (exact) mass is 238 g/mol. The van der Waals surface area contributed by atoms with E-state index in [-0.39, 0.29) is 18.1 Å². The molecule has 1 saturated carbocycles. The number of carbonyl (C=O) groups is 1. The molecule has 0 radical (unpaired) electrons. The Kier molecular flexibility index (Phi) is 3.55. The average Bonchev–Trinajstić information content (AvgIpc) is 2.70. The largest absolute Gasteiger partial charge is 0.299 e. The highest BCUT2D eigenvalue weighted by Crippen LogP contribution is 2.32. The van der Waals surface area contributed by atoms with Crippen LogP contribution in [0, 0.1) is 23.5 Å². The second kappa shape index (κ2) is 4.94. The maximum Gasteiger partial charge on any atom is 0.159 e. The Morgan fingerprint density at radius 2 is 2.06 bits per heavy atom. The highest BCUT2D eigenvalue weighted by atomic mass is 19.2. The minimum atomic E-state index is -0.880. The lowest BCUT2D eigenvalue weighted by Crippen LogP contribution is -2.19. The predicted octanol–water partition coefficient (Wildman–Crippen LogP) is 3.51. The lowest BCUT2D eigenvalue weighted by molar-refractivity contribution is -0.123. The predicted molar refractivity (Wildman–Crippen MR) is 61.6 cm³/mol. The molecule has 0 amide bonds. The van der Waals surface area contributed by atoms with Crippen LogP contribution in [0.25, 0.3) is 0 Å². The van der Waals surface area contributed by atoms with E-state index < -0.39 is 11.6 Å². The van der Waals surface area contributed by atoms with Gasteiger partial charge < -0.3 is 0 Å². The molecule has 1 aromatic rings. The highest BCUT2D eigenvalue weighted by Gasteiger charge is 2.29. The van der Waals surface area contributed by atoms with Crippen LogP contribution in [-0.2, 0) is 11.2 Å². The van der Waals surface area contributed by atoms with Gasteiger partial charge in [-0.1, -0.05) is 19.4 Å². The first-order valence-corrected chi connectivity index (χ1v) is 6.04. The van der Waals surface area contributed by atoms with Crippen molar-refractivity contribution in [1.82, 2.24) is 0 Å². The zero-order valence-corrected chi connectivity index (χ0v) is 9.88. The summed E-state index contributed by atoms with van der Waals surface area (Å²) in [7, 11) is 0. The van der Waals surface area contributed by atoms with Crippen molar-refractivity contribution in [3.63, 3.8) is 0 Å². The first kappa shape index (κ1) is 12.2. The summed E-state index contributed by atoms with van der Waals surface area (Å²) in [5.74, 6) is -1.07. The molecule has 1 nitrogen and oxygen atoms in total. The molecule has 1 fully saturated rings. The van der Waals surface area contributed by atoms with Crippen molar-refractivity contribution in [2.45, 2.75) is 32.6 Å². The molecule has 0 aromatic heterocycles. The summed E-state index contributed by atoms with van der Waals surface area (Å²) in [6.45, 7) is 2.08. The van der Waals surface area contributed by atoms with E-state index in [0.717, 1.165) is 31.4 Å². The third-order valence-corrected chi connectivity index (χ3v) is 3.64. The number of hydrogen-bond acceptors (Lipinski definition) is 1. The first-order valence-electron chi connectivity index (χ1n) is 6.04. The Labute approximate surface area is 99.8 Å². The van der Waals surface area contributed by atoms with Crippen molar-refractivity contribution in [3.05, 3.63) is 35.4 Å². The molecule has 2 unspecified atom stereocenters. The van der Waals surface area contributed by atoms with Crippen LogP contribution in [0.3, 0.4) is 0 Å². The summed E-state index contributed by atoms with van der Waals surface area (Å²) < 4.78 is 25.7. The summed E-state index contributed by atoms with van der Waals surface area (Å²) in [6, 6.07) is 3.68. The van der Waals surface area contributed by atoms with E-state index in [2.05, 4.69) is 6.92 Å². The molecule has 92 valence electrons. The summed E-state index contributed by atoms with van der Waals surface area (Å²) in [6.07, 6.45) is 3.33. The van der Waals surface area contributed by atoms with Crippen molar-refractivity contribution in [2.24, 2.45) is 11.8 Å². The number of rotatable bonds is 3. The van der Waals surface area contributed by atoms with Crippen LogP contribution in [0.5, 0.6) is 0 Å². The number of halogens is 2. The molecule has 0 bridgehead atoms. The van der Waals surface area contributed by atoms with E-state index in [4.69, 9.17) is 0 Å². The Bertz CT molecular complexity index is 428. The van der Waals surface area contributed by atoms with Gasteiger partial charge in [-0.3, -0.25) is 4.79 Å². The Balaban J connectivity index is 2.05. The highest BCUT2D eigenvalue weighted by molar-refractivity contribution is 5.83. The van der Waals surface area contributed by atoms with Crippen LogP contribution in [0.15, 0.2) is 18.2 Å². The van der Waals surface area contributed by atoms with Gasteiger partial charge in [0.05, 0.1) is 0 Å². The van der Waals surface area contributed by atoms with E-state index >= 15 is 0 Å². The zero-order valence-electron chi connectivity index (χ0n) is 9.88. The van der Waals surface area contributed by atoms with Gasteiger partial charge in [-0.2, -0.15) is 0 Å². The van der Waals surface area contributed by atoms with E-state index in [9.17, 15) is 13.6 Å². The average molecular weight is 238 g/mol. The Morgan fingerprint density at radius 1 is 1.29 bits per heavy atom. The zero-order chi connectivity index (χ0) is 12.4. The minimum Gasteiger partial charge on any atom is -0.299 e. The summed E-state index contributed by atoms with van der Waals surface area (Å²) in [4.78, 5) is 12.0. The van der Waals surface area contributed by atoms with Crippen LogP contribution in [0.2, 0.25) is 0 Å². The minimum absolute atomic E-state index is 0.100. The van der Waals surface area contributed by atoms with Gasteiger partial charge >= 0.3 is 0 Å². The maximum atomic E-state index is 13.0. The summed E-state index contributed by atoms with van der Waals surface area (Å²) in [5, 5.41) is 0. The van der Waals surface area contributed by atoms with Gasteiger partial charge in [0, 0.05) is 12.3 Å². The smallest absolute Gasteiger partial charge is 0.159 e. The number of benzene rings is 1. The van der Waals surface area contributed by atoms with E-state index in [1.807, 2.05) is 0 Å². The third kappa shape index (κ3) is 2.71. The maximum absolute atomic E-state index is 13.0. The lowest BCUT2D eigenvalue weighted by Gasteiger charge is -2.13. The topological polar surface area (TPSA) is 17.1 Å². The van der Waals surface area contributed by atoms with Gasteiger partial charge in [0.2, 0.25) is 0 Å². The summed E-state index contributed by atoms with van der Waals surface area (Å²) in [5.41, 5.74) is 0.563. The Morgan fingerprint density at radius 3 is 2.65 bits per heavy atom. The van der Waals surface area contributed by atoms with E-state index in [0.29, 0.717) is 11.5 Å². The second-order valence-corrected chi connectivity index (χ2v) is 4.91. The molecular weight excluding hydrogens is 222 g/mol. The van der Waals surface area contributed by atoms with E-state index in [1.165, 1.54) is 6.07 Å². The van der Waals surface area contributed by atoms with Crippen molar-refractivity contribution < 1.29 is 13.6 Å². The number of hydrogen-bond donors (Lipinski definition) is 0. The molecule has 3 heteroatoms. The second-order valence-electron chi connectivity index (χ2n) is 4.91. The number of ketones is 1. The molecule has 0 N–H and O–H groups in total. The normalized spacial score (nSPS) is 23.9. The molecule has 2 rings (SSSR count). The standard InChI is InChI=1S/C14H16F2O/c1-9-3-2-4-11(9)14(17)8-10-5-6-12(15)13(16)7-10/h5-7,9,11H,2-4,8H2,1H3. The SMILES string of the molecule is CC1CCCC1C(=O)Cc1ccc(F)c(F)c1. The van der Waals surface area contributed by atoms with Gasteiger partial charge in [-0.05, 0) is 36.5 Å². The number of carbonyl (C=O) groups excluding carboxylic acids is 1. The Hall–Kier alpha value is -1.25. The fraction of sp³-hybridized carbons (Fsp3) is 0.500. The quantitative estimate of drug-likeness (QED) is 0.787. The van der Waals surface area contributed by atoms with Crippen molar-refractivity contribution in [3.8, 4) is 0 Å². The van der Waals surface area contributed by atoms with Crippen LogP contribution in [-0.4, -0.2) is 5.78 Å². The van der Waals surface area contributed by atoms with Gasteiger partial charge in [0.25, 0.3) is 0 Å². The lowest BCUT2D eigenvalue weighted by atomic mass is 9.90. The third-order valence-electron chi connectivity index (χ3n) is 3.64. The fourth-order valence-electron chi connectivity index (χ4n) is 2.61. The van der Waals surface area contributed by atoms with Crippen molar-refractivity contribution >= 4 is 5.78 Å². The molecule has 0 saturated heterocycles. The molecule has 0 spiro atoms. The fourth-order valence-corrected chi connectivity index (χ4v) is 2.61. The molecule has 2 atom stereocenters. The van der Waals surface area contributed by atoms with Gasteiger partial charge in [-0.15, -0.1) is 0 Å². The summed E-state index contributed by atoms with van der Waals surface area (Å²) >= 11 is 0. The van der Waals surface area contributed by atoms with Crippen molar-refractivity contribution in [1.29, 1.82) is 0 Å².